The van der Waals surface area contributed by atoms with Gasteiger partial charge in [0.1, 0.15) is 0 Å². The highest BCUT2D eigenvalue weighted by Crippen LogP contribution is 2.27. The van der Waals surface area contributed by atoms with Gasteiger partial charge in [-0.25, -0.2) is 0 Å². The zero-order valence-corrected chi connectivity index (χ0v) is 21.7. The lowest BCUT2D eigenvalue weighted by Gasteiger charge is -2.23. The van der Waals surface area contributed by atoms with Gasteiger partial charge in [-0.2, -0.15) is 0 Å². The van der Waals surface area contributed by atoms with Crippen molar-refractivity contribution in [3.8, 4) is 0 Å². The Morgan fingerprint density at radius 1 is 1.15 bits per heavy atom. The predicted octanol–water partition coefficient (Wildman–Crippen LogP) is 6.12. The lowest BCUT2D eigenvalue weighted by molar-refractivity contribution is 0.573. The smallest absolute Gasteiger partial charge is 0.0654 e. The molecule has 0 amide bonds. The Kier molecular flexibility index (Phi) is 10.8. The van der Waals surface area contributed by atoms with E-state index in [1.54, 1.807) is 0 Å². The number of nitrogens with one attached hydrogen (secondary N) is 1. The Morgan fingerprint density at radius 3 is 2.32 bits per heavy atom. The Bertz CT molecular complexity index is 1010. The molecule has 3 rings (SSSR count). The van der Waals surface area contributed by atoms with Gasteiger partial charge < -0.3 is 16.0 Å². The van der Waals surface area contributed by atoms with Crippen LogP contribution in [0.15, 0.2) is 78.5 Å². The van der Waals surface area contributed by atoms with Crippen LogP contribution in [0.1, 0.15) is 49.9 Å². The molecule has 1 unspecified atom stereocenters. The van der Waals surface area contributed by atoms with E-state index in [2.05, 4.69) is 112 Å². The van der Waals surface area contributed by atoms with E-state index in [0.717, 1.165) is 38.4 Å². The van der Waals surface area contributed by atoms with Gasteiger partial charge in [-0.15, -0.1) is 0 Å². The van der Waals surface area contributed by atoms with Gasteiger partial charge in [-0.3, -0.25) is 4.99 Å². The number of hydrogen-bond donors (Lipinski definition) is 2. The number of allylic oxidation sites excluding steroid dienone is 1. The third kappa shape index (κ3) is 7.46. The van der Waals surface area contributed by atoms with Crippen LogP contribution in [0.25, 0.3) is 5.57 Å². The molecule has 0 bridgehead atoms. The number of aliphatic imine (C=N–C) groups is 1. The SMILES string of the molecule is C=C(C)C(C)CNCc1ccc(C2=NCC(c3ccc(N(CC)CC)c(C)c3)=C2)cc1.C=CN. The Balaban J connectivity index is 0.00000129. The van der Waals surface area contributed by atoms with Crippen LogP contribution in [0.3, 0.4) is 0 Å². The van der Waals surface area contributed by atoms with Crippen molar-refractivity contribution in [2.24, 2.45) is 16.6 Å². The highest BCUT2D eigenvalue weighted by atomic mass is 15.1. The molecule has 34 heavy (non-hydrogen) atoms. The molecule has 3 N–H and O–H groups in total. The molecular weight excluding hydrogens is 416 g/mol. The van der Waals surface area contributed by atoms with Crippen molar-refractivity contribution < 1.29 is 0 Å². The molecule has 1 atom stereocenters. The summed E-state index contributed by atoms with van der Waals surface area (Å²) in [5.41, 5.74) is 14.6. The quantitative estimate of drug-likeness (QED) is 0.422. The fourth-order valence-corrected chi connectivity index (χ4v) is 3.95. The highest BCUT2D eigenvalue weighted by molar-refractivity contribution is 6.15. The minimum absolute atomic E-state index is 0.500. The van der Waals surface area contributed by atoms with Gasteiger partial charge in [-0.05, 0) is 85.8 Å². The molecule has 1 heterocycles. The summed E-state index contributed by atoms with van der Waals surface area (Å²) in [7, 11) is 0. The van der Waals surface area contributed by atoms with Crippen molar-refractivity contribution in [1.82, 2.24) is 5.32 Å². The van der Waals surface area contributed by atoms with Gasteiger partial charge >= 0.3 is 0 Å². The maximum Gasteiger partial charge on any atom is 0.0654 e. The van der Waals surface area contributed by atoms with Gasteiger partial charge in [0, 0.05) is 31.9 Å². The number of aryl methyl sites for hydroxylation is 1. The van der Waals surface area contributed by atoms with E-state index in [4.69, 9.17) is 4.99 Å². The largest absolute Gasteiger partial charge is 0.405 e. The fourth-order valence-electron chi connectivity index (χ4n) is 3.95. The lowest BCUT2D eigenvalue weighted by atomic mass is 10.0. The average molecular weight is 459 g/mol. The second kappa shape index (κ2) is 13.6. The number of nitrogens with zero attached hydrogens (tertiary/aromatic N) is 2. The number of anilines is 1. The van der Waals surface area contributed by atoms with Crippen molar-refractivity contribution >= 4 is 17.0 Å². The Hall–Kier alpha value is -3.11. The molecule has 0 aliphatic carbocycles. The van der Waals surface area contributed by atoms with Gasteiger partial charge in [0.2, 0.25) is 0 Å². The molecule has 0 fully saturated rings. The maximum atomic E-state index is 4.81. The van der Waals surface area contributed by atoms with E-state index in [1.165, 1.54) is 45.3 Å². The normalized spacial score (nSPS) is 13.3. The standard InChI is InChI=1S/C28H37N3.C2H5N/c1-7-31(8-2)28-14-13-25(15-21(28)5)26-16-27(30-19-26)24-11-9-23(10-12-24)18-29-17-22(6)20(3)4;1-2-3/h9-16,22,29H,3,7-8,17-19H2,1-2,4-6H3;2H,1,3H2. The molecular formula is C30H42N4. The zero-order chi connectivity index (χ0) is 25.1. The van der Waals surface area contributed by atoms with Crippen molar-refractivity contribution in [1.29, 1.82) is 0 Å². The summed E-state index contributed by atoms with van der Waals surface area (Å²) < 4.78 is 0. The molecule has 1 aliphatic rings. The van der Waals surface area contributed by atoms with Crippen LogP contribution in [0.5, 0.6) is 0 Å². The predicted molar refractivity (Wildman–Crippen MR) is 151 cm³/mol. The van der Waals surface area contributed by atoms with E-state index in [1.807, 2.05) is 0 Å². The second-order valence-electron chi connectivity index (χ2n) is 8.86. The zero-order valence-electron chi connectivity index (χ0n) is 21.7. The molecule has 0 spiro atoms. The van der Waals surface area contributed by atoms with Gasteiger partial charge in [0.15, 0.2) is 0 Å². The molecule has 0 saturated carbocycles. The first-order valence-corrected chi connectivity index (χ1v) is 12.2. The van der Waals surface area contributed by atoms with Crippen LogP contribution in [0.4, 0.5) is 5.69 Å². The molecule has 182 valence electrons. The van der Waals surface area contributed by atoms with E-state index in [0.29, 0.717) is 5.92 Å². The van der Waals surface area contributed by atoms with Gasteiger partial charge in [0.25, 0.3) is 0 Å². The monoisotopic (exact) mass is 458 g/mol. The first-order chi connectivity index (χ1) is 16.3. The average Bonchev–Trinajstić information content (AvgIpc) is 3.32. The van der Waals surface area contributed by atoms with Crippen LogP contribution in [0.2, 0.25) is 0 Å². The van der Waals surface area contributed by atoms with Crippen LogP contribution < -0.4 is 16.0 Å². The number of rotatable bonds is 10. The molecule has 2 aromatic carbocycles. The fraction of sp³-hybridized carbons (Fsp3) is 0.367. The Labute approximate surface area is 207 Å². The highest BCUT2D eigenvalue weighted by Gasteiger charge is 2.14. The maximum absolute atomic E-state index is 4.81. The summed E-state index contributed by atoms with van der Waals surface area (Å²) in [6.07, 6.45) is 3.49. The molecule has 0 radical (unpaired) electrons. The summed E-state index contributed by atoms with van der Waals surface area (Å²) in [6.45, 7) is 22.7. The molecule has 2 aromatic rings. The van der Waals surface area contributed by atoms with E-state index >= 15 is 0 Å². The van der Waals surface area contributed by atoms with Crippen molar-refractivity contribution in [3.05, 3.63) is 95.7 Å². The van der Waals surface area contributed by atoms with Crippen molar-refractivity contribution in [3.63, 3.8) is 0 Å². The van der Waals surface area contributed by atoms with E-state index in [9.17, 15) is 0 Å². The second-order valence-corrected chi connectivity index (χ2v) is 8.86. The topological polar surface area (TPSA) is 53.7 Å². The van der Waals surface area contributed by atoms with Crippen LogP contribution in [-0.4, -0.2) is 31.9 Å². The molecule has 4 nitrogen and oxygen atoms in total. The first kappa shape index (κ1) is 27.1. The Morgan fingerprint density at radius 2 is 1.76 bits per heavy atom. The molecule has 0 aromatic heterocycles. The van der Waals surface area contributed by atoms with Crippen LogP contribution >= 0.6 is 0 Å². The minimum Gasteiger partial charge on any atom is -0.405 e. The summed E-state index contributed by atoms with van der Waals surface area (Å²) in [5, 5.41) is 3.52. The number of nitrogens with two attached hydrogens (primary N) is 1. The molecule has 4 heteroatoms. The summed E-state index contributed by atoms with van der Waals surface area (Å²) in [4.78, 5) is 7.21. The van der Waals surface area contributed by atoms with Gasteiger partial charge in [0.05, 0.1) is 12.3 Å². The minimum atomic E-state index is 0.500. The lowest BCUT2D eigenvalue weighted by Crippen LogP contribution is -2.22. The third-order valence-electron chi connectivity index (χ3n) is 6.27. The van der Waals surface area contributed by atoms with Gasteiger partial charge in [-0.1, -0.05) is 56.0 Å². The molecule has 1 aliphatic heterocycles. The van der Waals surface area contributed by atoms with Crippen molar-refractivity contribution in [2.45, 2.75) is 41.2 Å². The van der Waals surface area contributed by atoms with Crippen molar-refractivity contribution in [2.75, 3.05) is 31.1 Å². The first-order valence-electron chi connectivity index (χ1n) is 12.2. The van der Waals surface area contributed by atoms with E-state index < -0.39 is 0 Å². The van der Waals surface area contributed by atoms with Crippen LogP contribution in [-0.2, 0) is 6.54 Å². The van der Waals surface area contributed by atoms with E-state index in [-0.39, 0.29) is 0 Å². The summed E-state index contributed by atoms with van der Waals surface area (Å²) in [5.74, 6) is 0.500. The molecule has 0 saturated heterocycles. The van der Waals surface area contributed by atoms with Crippen LogP contribution in [0, 0.1) is 12.8 Å². The number of hydrogen-bond acceptors (Lipinski definition) is 4. The summed E-state index contributed by atoms with van der Waals surface area (Å²) in [6, 6.07) is 15.6. The number of benzene rings is 2. The summed E-state index contributed by atoms with van der Waals surface area (Å²) >= 11 is 0. The third-order valence-corrected chi connectivity index (χ3v) is 6.27.